The summed E-state index contributed by atoms with van der Waals surface area (Å²) in [5.74, 6) is -1.38. The molecule has 0 saturated carbocycles. The van der Waals surface area contributed by atoms with Crippen molar-refractivity contribution in [2.75, 3.05) is 20.3 Å². The van der Waals surface area contributed by atoms with Crippen molar-refractivity contribution < 1.29 is 37.0 Å². The largest absolute Gasteiger partial charge is 0.465 e. The van der Waals surface area contributed by atoms with Crippen molar-refractivity contribution in [3.8, 4) is 0 Å². The zero-order valence-corrected chi connectivity index (χ0v) is 10.9. The Labute approximate surface area is 117 Å². The summed E-state index contributed by atoms with van der Waals surface area (Å²) in [4.78, 5) is 23.0. The maximum absolute atomic E-state index is 12.2. The molecule has 0 fully saturated rings. The highest BCUT2D eigenvalue weighted by Gasteiger charge is 2.34. The summed E-state index contributed by atoms with van der Waals surface area (Å²) in [6.07, 6.45) is -5.50. The number of esters is 2. The van der Waals surface area contributed by atoms with Gasteiger partial charge in [0.25, 0.3) is 0 Å². The summed E-state index contributed by atoms with van der Waals surface area (Å²) in [5, 5.41) is 0. The molecule has 0 spiro atoms. The van der Waals surface area contributed by atoms with E-state index >= 15 is 0 Å². The smallest absolute Gasteiger partial charge is 0.411 e. The number of halogens is 3. The van der Waals surface area contributed by atoms with Crippen LogP contribution in [0.2, 0.25) is 0 Å². The monoisotopic (exact) mass is 304 g/mol. The maximum atomic E-state index is 12.2. The van der Waals surface area contributed by atoms with Crippen LogP contribution in [-0.4, -0.2) is 38.4 Å². The fraction of sp³-hybridized carbons (Fsp3) is 0.385. The number of alkyl halides is 3. The number of hydrogen-bond donors (Lipinski definition) is 0. The number of hydrogen-bond acceptors (Lipinski definition) is 5. The summed E-state index contributed by atoms with van der Waals surface area (Å²) in [7, 11) is 1.18. The van der Waals surface area contributed by atoms with Gasteiger partial charge in [-0.3, -0.25) is 0 Å². The number of carbonyl (C=O) groups is 2. The van der Waals surface area contributed by atoms with Crippen LogP contribution in [0.3, 0.4) is 0 Å². The Morgan fingerprint density at radius 2 is 2.14 bits per heavy atom. The molecule has 1 aliphatic rings. The first-order valence-corrected chi connectivity index (χ1v) is 5.89. The molecular weight excluding hydrogens is 293 g/mol. The molecule has 2 rings (SSSR count). The Morgan fingerprint density at radius 3 is 2.76 bits per heavy atom. The van der Waals surface area contributed by atoms with E-state index in [0.717, 1.165) is 0 Å². The number of fused-ring (bicyclic) bond motifs is 1. The van der Waals surface area contributed by atoms with Gasteiger partial charge in [-0.15, -0.1) is 0 Å². The first-order chi connectivity index (χ1) is 9.81. The van der Waals surface area contributed by atoms with Crippen molar-refractivity contribution in [3.05, 3.63) is 34.9 Å². The summed E-state index contributed by atoms with van der Waals surface area (Å²) in [5.41, 5.74) is 0.351. The Balaban J connectivity index is 2.27. The first-order valence-electron chi connectivity index (χ1n) is 5.89. The van der Waals surface area contributed by atoms with E-state index in [2.05, 4.69) is 4.74 Å². The van der Waals surface area contributed by atoms with E-state index < -0.39 is 30.8 Å². The van der Waals surface area contributed by atoms with Crippen LogP contribution in [0.5, 0.6) is 0 Å². The molecule has 5 nitrogen and oxygen atoms in total. The molecule has 114 valence electrons. The average Bonchev–Trinajstić information content (AvgIpc) is 2.44. The van der Waals surface area contributed by atoms with Crippen molar-refractivity contribution in [1.82, 2.24) is 0 Å². The van der Waals surface area contributed by atoms with E-state index in [1.54, 1.807) is 0 Å². The average molecular weight is 304 g/mol. The summed E-state index contributed by atoms with van der Waals surface area (Å²) >= 11 is 0. The molecule has 1 heterocycles. The Morgan fingerprint density at radius 1 is 1.43 bits per heavy atom. The van der Waals surface area contributed by atoms with Crippen LogP contribution in [-0.2, 0) is 14.2 Å². The number of rotatable bonds is 3. The zero-order valence-electron chi connectivity index (χ0n) is 10.9. The van der Waals surface area contributed by atoms with E-state index in [1.165, 1.54) is 25.3 Å². The predicted molar refractivity (Wildman–Crippen MR) is 62.8 cm³/mol. The molecule has 0 amide bonds. The van der Waals surface area contributed by atoms with Crippen molar-refractivity contribution in [2.45, 2.75) is 12.3 Å². The van der Waals surface area contributed by atoms with Gasteiger partial charge in [0.15, 0.2) is 0 Å². The number of ether oxygens (including phenoxy) is 3. The zero-order chi connectivity index (χ0) is 15.6. The standard InChI is InChI=1S/C13H11F3O5/c1-19-11(17)7-2-3-8-9(4-7)12(18)20-5-10(8)21-6-13(14,15)16/h2-4,10H,5-6H2,1H3. The molecule has 0 saturated heterocycles. The molecule has 8 heteroatoms. The molecular formula is C13H11F3O5. The molecule has 0 N–H and O–H groups in total. The highest BCUT2D eigenvalue weighted by atomic mass is 19.4. The lowest BCUT2D eigenvalue weighted by Gasteiger charge is -2.25. The molecule has 21 heavy (non-hydrogen) atoms. The normalized spacial score (nSPS) is 17.9. The second-order valence-electron chi connectivity index (χ2n) is 4.31. The minimum Gasteiger partial charge on any atom is -0.465 e. The molecule has 1 unspecified atom stereocenters. The summed E-state index contributed by atoms with van der Waals surface area (Å²) < 4.78 is 50.6. The fourth-order valence-electron chi connectivity index (χ4n) is 1.91. The van der Waals surface area contributed by atoms with Crippen LogP contribution < -0.4 is 0 Å². The van der Waals surface area contributed by atoms with Crippen LogP contribution in [0.4, 0.5) is 13.2 Å². The summed E-state index contributed by atoms with van der Waals surface area (Å²) in [6.45, 7) is -1.76. The molecule has 0 aromatic heterocycles. The second-order valence-corrected chi connectivity index (χ2v) is 4.31. The van der Waals surface area contributed by atoms with Gasteiger partial charge in [-0.1, -0.05) is 6.07 Å². The van der Waals surface area contributed by atoms with Gasteiger partial charge in [0.2, 0.25) is 0 Å². The van der Waals surface area contributed by atoms with Gasteiger partial charge in [-0.25, -0.2) is 9.59 Å². The third kappa shape index (κ3) is 3.52. The van der Waals surface area contributed by atoms with Crippen LogP contribution in [0.1, 0.15) is 32.4 Å². The van der Waals surface area contributed by atoms with Gasteiger partial charge in [-0.2, -0.15) is 13.2 Å². The van der Waals surface area contributed by atoms with Crippen molar-refractivity contribution in [3.63, 3.8) is 0 Å². The van der Waals surface area contributed by atoms with Crippen LogP contribution >= 0.6 is 0 Å². The maximum Gasteiger partial charge on any atom is 0.411 e. The van der Waals surface area contributed by atoms with Gasteiger partial charge in [0.1, 0.15) is 19.3 Å². The van der Waals surface area contributed by atoms with E-state index in [9.17, 15) is 22.8 Å². The van der Waals surface area contributed by atoms with E-state index in [1.807, 2.05) is 0 Å². The highest BCUT2D eigenvalue weighted by molar-refractivity contribution is 5.97. The van der Waals surface area contributed by atoms with E-state index in [-0.39, 0.29) is 23.3 Å². The molecule has 0 radical (unpaired) electrons. The number of benzene rings is 1. The Bertz CT molecular complexity index is 567. The lowest BCUT2D eigenvalue weighted by Crippen LogP contribution is -2.28. The topological polar surface area (TPSA) is 61.8 Å². The van der Waals surface area contributed by atoms with Crippen LogP contribution in [0.15, 0.2) is 18.2 Å². The second kappa shape index (κ2) is 5.72. The van der Waals surface area contributed by atoms with E-state index in [4.69, 9.17) is 9.47 Å². The fourth-order valence-corrected chi connectivity index (χ4v) is 1.91. The van der Waals surface area contributed by atoms with Crippen molar-refractivity contribution in [2.24, 2.45) is 0 Å². The van der Waals surface area contributed by atoms with Crippen molar-refractivity contribution >= 4 is 11.9 Å². The van der Waals surface area contributed by atoms with Crippen LogP contribution in [0, 0.1) is 0 Å². The Kier molecular flexibility index (Phi) is 4.17. The lowest BCUT2D eigenvalue weighted by molar-refractivity contribution is -0.190. The summed E-state index contributed by atoms with van der Waals surface area (Å²) in [6, 6.07) is 3.93. The molecule has 1 aromatic carbocycles. The molecule has 0 aliphatic carbocycles. The quantitative estimate of drug-likeness (QED) is 0.802. The number of carbonyl (C=O) groups excluding carboxylic acids is 2. The molecule has 1 atom stereocenters. The van der Waals surface area contributed by atoms with Gasteiger partial charge >= 0.3 is 18.1 Å². The third-order valence-electron chi connectivity index (χ3n) is 2.86. The minimum atomic E-state index is -4.48. The van der Waals surface area contributed by atoms with Gasteiger partial charge < -0.3 is 14.2 Å². The van der Waals surface area contributed by atoms with Gasteiger partial charge in [0.05, 0.1) is 18.2 Å². The highest BCUT2D eigenvalue weighted by Crippen LogP contribution is 2.30. The predicted octanol–water partition coefficient (Wildman–Crippen LogP) is 2.26. The number of methoxy groups -OCH3 is 1. The first kappa shape index (κ1) is 15.3. The van der Waals surface area contributed by atoms with Crippen molar-refractivity contribution in [1.29, 1.82) is 0 Å². The number of cyclic esters (lactones) is 1. The molecule has 0 bridgehead atoms. The molecule has 1 aliphatic heterocycles. The van der Waals surface area contributed by atoms with E-state index in [0.29, 0.717) is 0 Å². The SMILES string of the molecule is COC(=O)c1ccc2c(c1)C(=O)OCC2OCC(F)(F)F. The third-order valence-corrected chi connectivity index (χ3v) is 2.86. The van der Waals surface area contributed by atoms with Gasteiger partial charge in [-0.05, 0) is 17.7 Å². The lowest BCUT2D eigenvalue weighted by atomic mass is 9.98. The minimum absolute atomic E-state index is 0.00340. The Hall–Kier alpha value is -2.09. The molecule has 1 aromatic rings. The van der Waals surface area contributed by atoms with Gasteiger partial charge in [0, 0.05) is 0 Å². The van der Waals surface area contributed by atoms with Crippen LogP contribution in [0.25, 0.3) is 0 Å².